The molecule has 0 aromatic carbocycles. The van der Waals surface area contributed by atoms with Crippen molar-refractivity contribution in [3.05, 3.63) is 29.6 Å². The molecule has 0 fully saturated rings. The highest BCUT2D eigenvalue weighted by atomic mass is 16.1. The number of aryl methyl sites for hydroxylation is 1. The van der Waals surface area contributed by atoms with Gasteiger partial charge in [-0.05, 0) is 25.1 Å². The Bertz CT molecular complexity index is 348. The summed E-state index contributed by atoms with van der Waals surface area (Å²) in [6.07, 6.45) is 1.80. The van der Waals surface area contributed by atoms with E-state index in [0.29, 0.717) is 13.1 Å². The van der Waals surface area contributed by atoms with Crippen LogP contribution in [0.1, 0.15) is 25.1 Å². The van der Waals surface area contributed by atoms with Crippen molar-refractivity contribution in [2.45, 2.75) is 27.3 Å². The molecule has 0 aliphatic rings. The van der Waals surface area contributed by atoms with E-state index in [1.165, 1.54) is 0 Å². The Labute approximate surface area is 103 Å². The average molecular weight is 235 g/mol. The van der Waals surface area contributed by atoms with E-state index in [-0.39, 0.29) is 11.8 Å². The first-order valence-electron chi connectivity index (χ1n) is 6.03. The van der Waals surface area contributed by atoms with Crippen molar-refractivity contribution in [2.24, 2.45) is 5.92 Å². The summed E-state index contributed by atoms with van der Waals surface area (Å²) >= 11 is 0. The molecule has 0 bridgehead atoms. The highest BCUT2D eigenvalue weighted by Crippen LogP contribution is 2.00. The number of aromatic nitrogens is 1. The largest absolute Gasteiger partial charge is 0.352 e. The van der Waals surface area contributed by atoms with Crippen LogP contribution in [0.4, 0.5) is 0 Å². The number of amides is 1. The molecule has 1 aromatic heterocycles. The van der Waals surface area contributed by atoms with Crippen molar-refractivity contribution in [3.63, 3.8) is 0 Å². The van der Waals surface area contributed by atoms with Gasteiger partial charge >= 0.3 is 0 Å². The first-order valence-corrected chi connectivity index (χ1v) is 6.03. The Balaban J connectivity index is 2.34. The molecule has 0 aliphatic carbocycles. The maximum absolute atomic E-state index is 11.7. The molecule has 0 saturated heterocycles. The summed E-state index contributed by atoms with van der Waals surface area (Å²) in [5.41, 5.74) is 2.01. The zero-order valence-corrected chi connectivity index (χ0v) is 10.8. The highest BCUT2D eigenvalue weighted by molar-refractivity contribution is 5.78. The normalized spacial score (nSPS) is 12.2. The topological polar surface area (TPSA) is 54.0 Å². The van der Waals surface area contributed by atoms with Gasteiger partial charge in [-0.15, -0.1) is 0 Å². The molecule has 4 nitrogen and oxygen atoms in total. The summed E-state index contributed by atoms with van der Waals surface area (Å²) in [7, 11) is 0. The van der Waals surface area contributed by atoms with Gasteiger partial charge in [-0.25, -0.2) is 0 Å². The lowest BCUT2D eigenvalue weighted by Gasteiger charge is -2.12. The number of carbonyl (C=O) groups is 1. The smallest absolute Gasteiger partial charge is 0.224 e. The SMILES string of the molecule is CCNCC(C)C(=O)NCc1ccc(C)nc1. The van der Waals surface area contributed by atoms with Crippen molar-refractivity contribution < 1.29 is 4.79 Å². The van der Waals surface area contributed by atoms with Crippen LogP contribution < -0.4 is 10.6 Å². The molecule has 1 amide bonds. The molecule has 0 saturated carbocycles. The van der Waals surface area contributed by atoms with Crippen LogP contribution in [0.15, 0.2) is 18.3 Å². The van der Waals surface area contributed by atoms with Crippen LogP contribution in [0, 0.1) is 12.8 Å². The summed E-state index contributed by atoms with van der Waals surface area (Å²) < 4.78 is 0. The second-order valence-electron chi connectivity index (χ2n) is 4.23. The zero-order chi connectivity index (χ0) is 12.7. The fraction of sp³-hybridized carbons (Fsp3) is 0.538. The van der Waals surface area contributed by atoms with Crippen molar-refractivity contribution >= 4 is 5.91 Å². The molecular weight excluding hydrogens is 214 g/mol. The van der Waals surface area contributed by atoms with Crippen LogP contribution in [-0.4, -0.2) is 24.0 Å². The molecule has 2 N–H and O–H groups in total. The summed E-state index contributed by atoms with van der Waals surface area (Å²) in [6.45, 7) is 8.05. The van der Waals surface area contributed by atoms with Crippen LogP contribution >= 0.6 is 0 Å². The first-order chi connectivity index (χ1) is 8.13. The van der Waals surface area contributed by atoms with E-state index in [1.54, 1.807) is 6.20 Å². The second kappa shape index (κ2) is 7.01. The van der Waals surface area contributed by atoms with E-state index in [0.717, 1.165) is 17.8 Å². The van der Waals surface area contributed by atoms with Gasteiger partial charge in [0.25, 0.3) is 0 Å². The Hall–Kier alpha value is -1.42. The van der Waals surface area contributed by atoms with E-state index in [9.17, 15) is 4.79 Å². The van der Waals surface area contributed by atoms with E-state index in [4.69, 9.17) is 0 Å². The molecule has 17 heavy (non-hydrogen) atoms. The van der Waals surface area contributed by atoms with Crippen LogP contribution in [0.3, 0.4) is 0 Å². The molecule has 0 aliphatic heterocycles. The summed E-state index contributed by atoms with van der Waals surface area (Å²) in [6, 6.07) is 3.93. The predicted octanol–water partition coefficient (Wildman–Crippen LogP) is 1.25. The number of hydrogen-bond acceptors (Lipinski definition) is 3. The lowest BCUT2D eigenvalue weighted by molar-refractivity contribution is -0.124. The number of hydrogen-bond donors (Lipinski definition) is 2. The Morgan fingerprint density at radius 1 is 1.47 bits per heavy atom. The monoisotopic (exact) mass is 235 g/mol. The van der Waals surface area contributed by atoms with Gasteiger partial charge in [-0.1, -0.05) is 19.9 Å². The predicted molar refractivity (Wildman–Crippen MR) is 68.5 cm³/mol. The number of pyridine rings is 1. The first kappa shape index (κ1) is 13.6. The van der Waals surface area contributed by atoms with Crippen molar-refractivity contribution in [2.75, 3.05) is 13.1 Å². The lowest BCUT2D eigenvalue weighted by Crippen LogP contribution is -2.34. The summed E-state index contributed by atoms with van der Waals surface area (Å²) in [4.78, 5) is 15.9. The van der Waals surface area contributed by atoms with Crippen molar-refractivity contribution in [1.29, 1.82) is 0 Å². The zero-order valence-electron chi connectivity index (χ0n) is 10.8. The molecule has 94 valence electrons. The molecule has 1 aromatic rings. The fourth-order valence-electron chi connectivity index (χ4n) is 1.42. The minimum atomic E-state index is -0.00615. The third-order valence-corrected chi connectivity index (χ3v) is 2.59. The minimum Gasteiger partial charge on any atom is -0.352 e. The van der Waals surface area contributed by atoms with E-state index < -0.39 is 0 Å². The molecule has 0 radical (unpaired) electrons. The number of nitrogens with one attached hydrogen (secondary N) is 2. The standard InChI is InChI=1S/C13H21N3O/c1-4-14-7-10(2)13(17)16-9-12-6-5-11(3)15-8-12/h5-6,8,10,14H,4,7,9H2,1-3H3,(H,16,17). The number of nitrogens with zero attached hydrogens (tertiary/aromatic N) is 1. The van der Waals surface area contributed by atoms with Crippen LogP contribution in [0.2, 0.25) is 0 Å². The summed E-state index contributed by atoms with van der Waals surface area (Å²) in [5, 5.41) is 6.07. The Morgan fingerprint density at radius 3 is 2.82 bits per heavy atom. The third-order valence-electron chi connectivity index (χ3n) is 2.59. The Kier molecular flexibility index (Phi) is 5.63. The molecule has 1 unspecified atom stereocenters. The quantitative estimate of drug-likeness (QED) is 0.780. The Morgan fingerprint density at radius 2 is 2.24 bits per heavy atom. The van der Waals surface area contributed by atoms with Crippen molar-refractivity contribution in [3.8, 4) is 0 Å². The van der Waals surface area contributed by atoms with Gasteiger partial charge in [-0.3, -0.25) is 9.78 Å². The van der Waals surface area contributed by atoms with Gasteiger partial charge in [0.05, 0.1) is 0 Å². The molecule has 0 spiro atoms. The van der Waals surface area contributed by atoms with Gasteiger partial charge < -0.3 is 10.6 Å². The van der Waals surface area contributed by atoms with Gasteiger partial charge in [0.1, 0.15) is 0 Å². The van der Waals surface area contributed by atoms with E-state index in [1.807, 2.05) is 32.9 Å². The average Bonchev–Trinajstić information content (AvgIpc) is 2.34. The van der Waals surface area contributed by atoms with Gasteiger partial charge in [0.15, 0.2) is 0 Å². The van der Waals surface area contributed by atoms with Crippen LogP contribution in [0.5, 0.6) is 0 Å². The molecule has 1 atom stereocenters. The van der Waals surface area contributed by atoms with Gasteiger partial charge in [0, 0.05) is 30.9 Å². The van der Waals surface area contributed by atoms with Gasteiger partial charge in [-0.2, -0.15) is 0 Å². The van der Waals surface area contributed by atoms with Crippen LogP contribution in [0.25, 0.3) is 0 Å². The molecule has 1 heterocycles. The highest BCUT2D eigenvalue weighted by Gasteiger charge is 2.11. The van der Waals surface area contributed by atoms with E-state index >= 15 is 0 Å². The van der Waals surface area contributed by atoms with Crippen LogP contribution in [-0.2, 0) is 11.3 Å². The summed E-state index contributed by atoms with van der Waals surface area (Å²) in [5.74, 6) is 0.0693. The maximum atomic E-state index is 11.7. The fourth-order valence-corrected chi connectivity index (χ4v) is 1.42. The van der Waals surface area contributed by atoms with E-state index in [2.05, 4.69) is 15.6 Å². The molecule has 4 heteroatoms. The van der Waals surface area contributed by atoms with Crippen molar-refractivity contribution in [1.82, 2.24) is 15.6 Å². The third kappa shape index (κ3) is 4.95. The molecule has 1 rings (SSSR count). The number of carbonyl (C=O) groups excluding carboxylic acids is 1. The maximum Gasteiger partial charge on any atom is 0.224 e. The lowest BCUT2D eigenvalue weighted by atomic mass is 10.1. The number of rotatable bonds is 6. The second-order valence-corrected chi connectivity index (χ2v) is 4.23. The minimum absolute atomic E-state index is 0.00615. The molecular formula is C13H21N3O. The van der Waals surface area contributed by atoms with Gasteiger partial charge in [0.2, 0.25) is 5.91 Å².